The number of carbonyl (C=O) groups is 1. The molecule has 3 aromatic carbocycles. The molecule has 0 heterocycles. The minimum atomic E-state index is -0.311. The first-order valence-corrected chi connectivity index (χ1v) is 8.81. The molecule has 3 aromatic rings. The first kappa shape index (κ1) is 19.0. The molecular formula is C23H20N2O3. The van der Waals surface area contributed by atoms with Crippen LogP contribution in [0.3, 0.4) is 0 Å². The highest BCUT2D eigenvalue weighted by Crippen LogP contribution is 2.24. The van der Waals surface area contributed by atoms with E-state index in [0.29, 0.717) is 11.3 Å². The van der Waals surface area contributed by atoms with E-state index in [-0.39, 0.29) is 18.6 Å². The maximum Gasteiger partial charge on any atom is 0.258 e. The number of nitrogens with one attached hydrogen (secondary N) is 1. The van der Waals surface area contributed by atoms with E-state index in [9.17, 15) is 4.79 Å². The van der Waals surface area contributed by atoms with Crippen LogP contribution in [-0.2, 0) is 4.79 Å². The van der Waals surface area contributed by atoms with E-state index in [0.717, 1.165) is 16.9 Å². The molecule has 0 aliphatic rings. The largest absolute Gasteiger partial charge is 0.497 e. The van der Waals surface area contributed by atoms with E-state index in [1.54, 1.807) is 31.4 Å². The Bertz CT molecular complexity index is 963. The van der Waals surface area contributed by atoms with Crippen LogP contribution < -0.4 is 14.8 Å². The van der Waals surface area contributed by atoms with E-state index in [1.165, 1.54) is 0 Å². The lowest BCUT2D eigenvalue weighted by Gasteiger charge is -2.20. The van der Waals surface area contributed by atoms with E-state index >= 15 is 0 Å². The van der Waals surface area contributed by atoms with E-state index in [2.05, 4.69) is 5.32 Å². The van der Waals surface area contributed by atoms with Crippen molar-refractivity contribution in [1.29, 1.82) is 5.26 Å². The molecule has 5 nitrogen and oxygen atoms in total. The number of ether oxygens (including phenoxy) is 2. The van der Waals surface area contributed by atoms with Crippen molar-refractivity contribution < 1.29 is 14.3 Å². The smallest absolute Gasteiger partial charge is 0.258 e. The van der Waals surface area contributed by atoms with Gasteiger partial charge in [0.05, 0.1) is 24.8 Å². The lowest BCUT2D eigenvalue weighted by atomic mass is 9.98. The van der Waals surface area contributed by atoms with Gasteiger partial charge in [0.15, 0.2) is 6.61 Å². The summed E-state index contributed by atoms with van der Waals surface area (Å²) < 4.78 is 10.7. The van der Waals surface area contributed by atoms with Crippen LogP contribution in [0.1, 0.15) is 22.7 Å². The molecule has 0 aliphatic carbocycles. The highest BCUT2D eigenvalue weighted by atomic mass is 16.5. The van der Waals surface area contributed by atoms with Gasteiger partial charge < -0.3 is 14.8 Å². The highest BCUT2D eigenvalue weighted by molar-refractivity contribution is 5.78. The van der Waals surface area contributed by atoms with E-state index < -0.39 is 0 Å². The number of hydrogen-bond acceptors (Lipinski definition) is 4. The van der Waals surface area contributed by atoms with Crippen LogP contribution in [0.4, 0.5) is 0 Å². The number of methoxy groups -OCH3 is 1. The summed E-state index contributed by atoms with van der Waals surface area (Å²) in [6.07, 6.45) is 0. The Morgan fingerprint density at radius 3 is 2.36 bits per heavy atom. The van der Waals surface area contributed by atoms with Crippen molar-refractivity contribution in [1.82, 2.24) is 5.32 Å². The molecule has 1 atom stereocenters. The van der Waals surface area contributed by atoms with Crippen LogP contribution in [0.2, 0.25) is 0 Å². The van der Waals surface area contributed by atoms with Crippen LogP contribution >= 0.6 is 0 Å². The zero-order valence-corrected chi connectivity index (χ0v) is 15.5. The van der Waals surface area contributed by atoms with Gasteiger partial charge in [0.2, 0.25) is 0 Å². The van der Waals surface area contributed by atoms with Gasteiger partial charge in [-0.25, -0.2) is 0 Å². The summed E-state index contributed by atoms with van der Waals surface area (Å²) in [5, 5.41) is 12.0. The van der Waals surface area contributed by atoms with Crippen molar-refractivity contribution in [3.8, 4) is 17.6 Å². The molecule has 1 amide bonds. The van der Waals surface area contributed by atoms with Gasteiger partial charge >= 0.3 is 0 Å². The molecule has 28 heavy (non-hydrogen) atoms. The molecule has 1 N–H and O–H groups in total. The number of nitrogens with zero attached hydrogens (tertiary/aromatic N) is 1. The van der Waals surface area contributed by atoms with Crippen molar-refractivity contribution in [2.24, 2.45) is 0 Å². The number of amides is 1. The highest BCUT2D eigenvalue weighted by Gasteiger charge is 2.17. The Morgan fingerprint density at radius 1 is 0.964 bits per heavy atom. The van der Waals surface area contributed by atoms with Crippen LogP contribution in [0.15, 0.2) is 78.9 Å². The lowest BCUT2D eigenvalue weighted by molar-refractivity contribution is -0.123. The third-order valence-electron chi connectivity index (χ3n) is 4.22. The minimum Gasteiger partial charge on any atom is -0.497 e. The summed E-state index contributed by atoms with van der Waals surface area (Å²) in [6, 6.07) is 25.8. The Balaban J connectivity index is 1.73. The van der Waals surface area contributed by atoms with Gasteiger partial charge in [-0.1, -0.05) is 48.5 Å². The predicted octanol–water partition coefficient (Wildman–Crippen LogP) is 3.85. The molecule has 0 fully saturated rings. The normalized spacial score (nSPS) is 11.1. The Labute approximate surface area is 164 Å². The van der Waals surface area contributed by atoms with Crippen LogP contribution in [0.25, 0.3) is 0 Å². The molecular weight excluding hydrogens is 352 g/mol. The average molecular weight is 372 g/mol. The third-order valence-corrected chi connectivity index (χ3v) is 4.22. The fourth-order valence-corrected chi connectivity index (χ4v) is 2.81. The second kappa shape index (κ2) is 9.24. The third kappa shape index (κ3) is 4.89. The Morgan fingerprint density at radius 2 is 1.68 bits per heavy atom. The average Bonchev–Trinajstić information content (AvgIpc) is 2.77. The second-order valence-electron chi connectivity index (χ2n) is 6.11. The molecule has 0 radical (unpaired) electrons. The minimum absolute atomic E-state index is 0.144. The number of nitriles is 1. The fourth-order valence-electron chi connectivity index (χ4n) is 2.81. The second-order valence-corrected chi connectivity index (χ2v) is 6.11. The summed E-state index contributed by atoms with van der Waals surface area (Å²) in [4.78, 5) is 12.5. The van der Waals surface area contributed by atoms with Crippen molar-refractivity contribution in [2.75, 3.05) is 13.7 Å². The van der Waals surface area contributed by atoms with Crippen molar-refractivity contribution >= 4 is 5.91 Å². The fraction of sp³-hybridized carbons (Fsp3) is 0.130. The summed E-state index contributed by atoms with van der Waals surface area (Å²) >= 11 is 0. The van der Waals surface area contributed by atoms with Crippen LogP contribution in [-0.4, -0.2) is 19.6 Å². The van der Waals surface area contributed by atoms with Crippen LogP contribution in [0.5, 0.6) is 11.5 Å². The summed E-state index contributed by atoms with van der Waals surface area (Å²) in [6.45, 7) is -0.144. The first-order chi connectivity index (χ1) is 13.7. The topological polar surface area (TPSA) is 71.3 Å². The zero-order valence-electron chi connectivity index (χ0n) is 15.5. The summed E-state index contributed by atoms with van der Waals surface area (Å²) in [5.41, 5.74) is 2.39. The number of rotatable bonds is 7. The molecule has 0 saturated heterocycles. The van der Waals surface area contributed by atoms with E-state index in [1.807, 2.05) is 60.7 Å². The molecule has 0 spiro atoms. The van der Waals surface area contributed by atoms with Crippen LogP contribution in [0, 0.1) is 11.3 Å². The van der Waals surface area contributed by atoms with Crippen molar-refractivity contribution in [3.63, 3.8) is 0 Å². The molecule has 0 saturated carbocycles. The maximum atomic E-state index is 12.5. The maximum absolute atomic E-state index is 12.5. The number of hydrogen-bond donors (Lipinski definition) is 1. The van der Waals surface area contributed by atoms with Gasteiger partial charge in [-0.05, 0) is 41.5 Å². The Kier molecular flexibility index (Phi) is 6.27. The van der Waals surface area contributed by atoms with Crippen molar-refractivity contribution in [2.45, 2.75) is 6.04 Å². The monoisotopic (exact) mass is 372 g/mol. The lowest BCUT2D eigenvalue weighted by Crippen LogP contribution is -2.33. The van der Waals surface area contributed by atoms with Gasteiger partial charge in [0, 0.05) is 0 Å². The zero-order chi connectivity index (χ0) is 19.8. The molecule has 3 rings (SSSR count). The van der Waals surface area contributed by atoms with Crippen molar-refractivity contribution in [3.05, 3.63) is 95.6 Å². The SMILES string of the molecule is COc1ccc(C(NC(=O)COc2cccc(C#N)c2)c2ccccc2)cc1. The summed E-state index contributed by atoms with van der Waals surface area (Å²) in [5.74, 6) is 0.976. The first-order valence-electron chi connectivity index (χ1n) is 8.81. The molecule has 0 bridgehead atoms. The molecule has 140 valence electrons. The number of benzene rings is 3. The predicted molar refractivity (Wildman–Crippen MR) is 106 cm³/mol. The van der Waals surface area contributed by atoms with Gasteiger partial charge in [-0.2, -0.15) is 5.26 Å². The number of carbonyl (C=O) groups excluding carboxylic acids is 1. The van der Waals surface area contributed by atoms with E-state index in [4.69, 9.17) is 14.7 Å². The van der Waals surface area contributed by atoms with Gasteiger partial charge in [0.25, 0.3) is 5.91 Å². The van der Waals surface area contributed by atoms with Gasteiger partial charge in [-0.15, -0.1) is 0 Å². The summed E-state index contributed by atoms with van der Waals surface area (Å²) in [7, 11) is 1.62. The Hall–Kier alpha value is -3.78. The molecule has 5 heteroatoms. The quantitative estimate of drug-likeness (QED) is 0.684. The van der Waals surface area contributed by atoms with Gasteiger partial charge in [-0.3, -0.25) is 4.79 Å². The standard InChI is InChI=1S/C23H20N2O3/c1-27-20-12-10-19(11-13-20)23(18-7-3-2-4-8-18)25-22(26)16-28-21-9-5-6-17(14-21)15-24/h2-14,23H,16H2,1H3,(H,25,26). The molecule has 0 aromatic heterocycles. The van der Waals surface area contributed by atoms with Gasteiger partial charge in [0.1, 0.15) is 11.5 Å². The molecule has 1 unspecified atom stereocenters. The molecule has 0 aliphatic heterocycles.